The Morgan fingerprint density at radius 2 is 2.15 bits per heavy atom. The van der Waals surface area contributed by atoms with Crippen LogP contribution in [0.25, 0.3) is 0 Å². The number of rotatable bonds is 9. The van der Waals surface area contributed by atoms with Gasteiger partial charge < -0.3 is 20.5 Å². The van der Waals surface area contributed by atoms with Crippen molar-refractivity contribution in [2.75, 3.05) is 30.9 Å². The Hall–Kier alpha value is -2.15. The van der Waals surface area contributed by atoms with Gasteiger partial charge in [-0.25, -0.2) is 4.98 Å². The summed E-state index contributed by atoms with van der Waals surface area (Å²) < 4.78 is 4.93. The highest BCUT2D eigenvalue weighted by Gasteiger charge is 2.05. The molecule has 0 saturated heterocycles. The Morgan fingerprint density at radius 1 is 1.35 bits per heavy atom. The fraction of sp³-hybridized carbons (Fsp3) is 0.462. The number of hydrogen-bond donors (Lipinski definition) is 3. The maximum absolute atomic E-state index is 11.4. The van der Waals surface area contributed by atoms with Crippen LogP contribution in [0.5, 0.6) is 0 Å². The minimum atomic E-state index is -0.992. The normalized spacial score (nSPS) is 10.1. The van der Waals surface area contributed by atoms with E-state index in [1.165, 1.54) is 6.20 Å². The van der Waals surface area contributed by atoms with Crippen molar-refractivity contribution in [2.24, 2.45) is 0 Å². The molecule has 1 aromatic heterocycles. The van der Waals surface area contributed by atoms with Crippen molar-refractivity contribution in [3.8, 4) is 0 Å². The molecular weight excluding hydrogens is 262 g/mol. The molecule has 0 fully saturated rings. The number of anilines is 2. The first-order valence-electron chi connectivity index (χ1n) is 6.32. The van der Waals surface area contributed by atoms with E-state index in [4.69, 9.17) is 9.84 Å². The number of carbonyl (C=O) groups excluding carboxylic acids is 1. The lowest BCUT2D eigenvalue weighted by Crippen LogP contribution is -2.13. The highest BCUT2D eigenvalue weighted by Crippen LogP contribution is 2.10. The summed E-state index contributed by atoms with van der Waals surface area (Å²) in [5.41, 5.74) is 0.544. The lowest BCUT2D eigenvalue weighted by atomic mass is 10.3. The van der Waals surface area contributed by atoms with Crippen LogP contribution in [-0.2, 0) is 14.3 Å². The summed E-state index contributed by atoms with van der Waals surface area (Å²) in [7, 11) is 1.65. The van der Waals surface area contributed by atoms with Gasteiger partial charge in [0.05, 0.1) is 18.3 Å². The number of carboxylic acids is 1. The molecule has 0 aliphatic carbocycles. The number of pyridine rings is 1. The monoisotopic (exact) mass is 281 g/mol. The van der Waals surface area contributed by atoms with Crippen molar-refractivity contribution in [3.63, 3.8) is 0 Å². The molecule has 1 rings (SSSR count). The first-order valence-corrected chi connectivity index (χ1v) is 6.32. The number of aromatic nitrogens is 1. The topological polar surface area (TPSA) is 101 Å². The molecule has 1 heterocycles. The van der Waals surface area contributed by atoms with E-state index < -0.39 is 5.97 Å². The minimum absolute atomic E-state index is 0.0493. The van der Waals surface area contributed by atoms with E-state index in [1.807, 2.05) is 0 Å². The molecule has 0 unspecified atom stereocenters. The average Bonchev–Trinajstić information content (AvgIpc) is 2.43. The largest absolute Gasteiger partial charge is 0.481 e. The quantitative estimate of drug-likeness (QED) is 0.590. The molecule has 0 atom stereocenters. The molecule has 3 N–H and O–H groups in total. The lowest BCUT2D eigenvalue weighted by Gasteiger charge is -2.07. The Kier molecular flexibility index (Phi) is 7.05. The molecule has 0 aromatic carbocycles. The fourth-order valence-corrected chi connectivity index (χ4v) is 1.45. The van der Waals surface area contributed by atoms with Gasteiger partial charge in [-0.1, -0.05) is 0 Å². The average molecular weight is 281 g/mol. The Morgan fingerprint density at radius 3 is 2.75 bits per heavy atom. The van der Waals surface area contributed by atoms with Crippen LogP contribution in [0.4, 0.5) is 11.5 Å². The van der Waals surface area contributed by atoms with Gasteiger partial charge in [-0.05, 0) is 18.6 Å². The zero-order valence-electron chi connectivity index (χ0n) is 11.4. The number of nitrogens with one attached hydrogen (secondary N) is 2. The third-order valence-electron chi connectivity index (χ3n) is 2.44. The molecule has 0 aliphatic heterocycles. The number of nitrogens with zero attached hydrogens (tertiary/aromatic N) is 1. The molecule has 0 radical (unpaired) electrons. The molecule has 0 spiro atoms. The molecule has 1 amide bonds. The first kappa shape index (κ1) is 15.9. The van der Waals surface area contributed by atoms with E-state index in [1.54, 1.807) is 19.2 Å². The summed E-state index contributed by atoms with van der Waals surface area (Å²) in [6.45, 7) is 1.44. The van der Waals surface area contributed by atoms with Crippen molar-refractivity contribution in [1.29, 1.82) is 0 Å². The number of aliphatic carboxylic acids is 1. The van der Waals surface area contributed by atoms with Crippen molar-refractivity contribution in [1.82, 2.24) is 4.98 Å². The third-order valence-corrected chi connectivity index (χ3v) is 2.44. The third kappa shape index (κ3) is 6.69. The summed E-state index contributed by atoms with van der Waals surface area (Å²) in [5.74, 6) is -0.617. The van der Waals surface area contributed by atoms with E-state index in [9.17, 15) is 9.59 Å². The number of amides is 1. The Labute approximate surface area is 117 Å². The van der Waals surface area contributed by atoms with Crippen molar-refractivity contribution >= 4 is 23.4 Å². The minimum Gasteiger partial charge on any atom is -0.481 e. The number of ether oxygens (including phenoxy) is 1. The summed E-state index contributed by atoms with van der Waals surface area (Å²) in [5, 5.41) is 14.2. The van der Waals surface area contributed by atoms with Crippen LogP contribution < -0.4 is 10.6 Å². The smallest absolute Gasteiger partial charge is 0.303 e. The molecule has 0 bridgehead atoms. The molecule has 20 heavy (non-hydrogen) atoms. The van der Waals surface area contributed by atoms with Gasteiger partial charge in [-0.2, -0.15) is 0 Å². The molecule has 1 aromatic rings. The van der Waals surface area contributed by atoms with Gasteiger partial charge in [0.1, 0.15) is 5.82 Å². The molecule has 0 saturated carbocycles. The number of carbonyl (C=O) groups is 2. The second kappa shape index (κ2) is 8.87. The highest BCUT2D eigenvalue weighted by molar-refractivity contribution is 5.92. The zero-order valence-corrected chi connectivity index (χ0v) is 11.4. The molecule has 110 valence electrons. The van der Waals surface area contributed by atoms with E-state index in [0.29, 0.717) is 18.1 Å². The predicted molar refractivity (Wildman–Crippen MR) is 74.7 cm³/mol. The SMILES string of the molecule is COCCCNc1ccc(NC(=O)CCC(=O)O)cn1. The van der Waals surface area contributed by atoms with E-state index in [2.05, 4.69) is 15.6 Å². The van der Waals surface area contributed by atoms with E-state index in [0.717, 1.165) is 13.0 Å². The maximum Gasteiger partial charge on any atom is 0.303 e. The lowest BCUT2D eigenvalue weighted by molar-refractivity contribution is -0.138. The van der Waals surface area contributed by atoms with Crippen molar-refractivity contribution < 1.29 is 19.4 Å². The van der Waals surface area contributed by atoms with Crippen LogP contribution >= 0.6 is 0 Å². The van der Waals surface area contributed by atoms with Gasteiger partial charge >= 0.3 is 5.97 Å². The molecule has 7 nitrogen and oxygen atoms in total. The predicted octanol–water partition coefficient (Wildman–Crippen LogP) is 1.33. The van der Waals surface area contributed by atoms with Crippen LogP contribution in [0, 0.1) is 0 Å². The van der Waals surface area contributed by atoms with Gasteiger partial charge in [-0.3, -0.25) is 9.59 Å². The summed E-state index contributed by atoms with van der Waals surface area (Å²) in [4.78, 5) is 25.9. The van der Waals surface area contributed by atoms with E-state index >= 15 is 0 Å². The number of carboxylic acid groups (broad SMARTS) is 1. The summed E-state index contributed by atoms with van der Waals surface area (Å²) in [6, 6.07) is 3.46. The van der Waals surface area contributed by atoms with Gasteiger partial charge in [0.2, 0.25) is 5.91 Å². The number of methoxy groups -OCH3 is 1. The van der Waals surface area contributed by atoms with Crippen molar-refractivity contribution in [3.05, 3.63) is 18.3 Å². The van der Waals surface area contributed by atoms with E-state index in [-0.39, 0.29) is 18.7 Å². The second-order valence-corrected chi connectivity index (χ2v) is 4.15. The Balaban J connectivity index is 2.34. The van der Waals surface area contributed by atoms with Crippen LogP contribution in [0.1, 0.15) is 19.3 Å². The second-order valence-electron chi connectivity index (χ2n) is 4.15. The fourth-order valence-electron chi connectivity index (χ4n) is 1.45. The molecule has 0 aliphatic rings. The maximum atomic E-state index is 11.4. The molecular formula is C13H19N3O4. The summed E-state index contributed by atoms with van der Waals surface area (Å²) in [6.07, 6.45) is 2.17. The van der Waals surface area contributed by atoms with Crippen LogP contribution in [0.3, 0.4) is 0 Å². The van der Waals surface area contributed by atoms with Gasteiger partial charge in [-0.15, -0.1) is 0 Å². The van der Waals surface area contributed by atoms with Gasteiger partial charge in [0, 0.05) is 26.7 Å². The molecule has 7 heteroatoms. The highest BCUT2D eigenvalue weighted by atomic mass is 16.5. The van der Waals surface area contributed by atoms with Gasteiger partial charge in [0.25, 0.3) is 0 Å². The van der Waals surface area contributed by atoms with Gasteiger partial charge in [0.15, 0.2) is 0 Å². The standard InChI is InChI=1S/C13H19N3O4/c1-20-8-2-7-14-11-4-3-10(9-15-11)16-12(17)5-6-13(18)19/h3-4,9H,2,5-8H2,1H3,(H,14,15)(H,16,17)(H,18,19). The van der Waals surface area contributed by atoms with Crippen LogP contribution in [-0.4, -0.2) is 42.2 Å². The van der Waals surface area contributed by atoms with Crippen LogP contribution in [0.2, 0.25) is 0 Å². The van der Waals surface area contributed by atoms with Crippen molar-refractivity contribution in [2.45, 2.75) is 19.3 Å². The summed E-state index contributed by atoms with van der Waals surface area (Å²) >= 11 is 0. The van der Waals surface area contributed by atoms with Crippen LogP contribution in [0.15, 0.2) is 18.3 Å². The first-order chi connectivity index (χ1) is 9.61. The number of hydrogen-bond acceptors (Lipinski definition) is 5. The Bertz CT molecular complexity index is 434. The zero-order chi connectivity index (χ0) is 14.8.